The highest BCUT2D eigenvalue weighted by Gasteiger charge is 2.18. The minimum absolute atomic E-state index is 0.0898. The van der Waals surface area contributed by atoms with Gasteiger partial charge in [-0.05, 0) is 58.0 Å². The second-order valence-electron chi connectivity index (χ2n) is 6.51. The van der Waals surface area contributed by atoms with E-state index in [0.717, 1.165) is 0 Å². The van der Waals surface area contributed by atoms with Gasteiger partial charge in [-0.25, -0.2) is 4.39 Å². The molecule has 0 aliphatic carbocycles. The van der Waals surface area contributed by atoms with Crippen LogP contribution in [0.2, 0.25) is 0 Å². The second-order valence-corrected chi connectivity index (χ2v) is 6.51. The third-order valence-corrected chi connectivity index (χ3v) is 3.00. The molecule has 0 bridgehead atoms. The van der Waals surface area contributed by atoms with Crippen LogP contribution in [-0.2, 0) is 4.79 Å². The zero-order chi connectivity index (χ0) is 16.2. The number of aliphatic hydroxyl groups is 1. The lowest BCUT2D eigenvalue weighted by Crippen LogP contribution is -2.45. The number of hydrogen-bond donors (Lipinski definition) is 2. The Hall–Kier alpha value is -1.46. The van der Waals surface area contributed by atoms with Crippen LogP contribution in [0.25, 0.3) is 0 Å². The predicted molar refractivity (Wildman–Crippen MR) is 81.5 cm³/mol. The molecule has 0 spiro atoms. The van der Waals surface area contributed by atoms with E-state index in [1.54, 1.807) is 24.9 Å². The zero-order valence-electron chi connectivity index (χ0n) is 13.4. The van der Waals surface area contributed by atoms with Crippen LogP contribution in [0.4, 0.5) is 4.39 Å². The van der Waals surface area contributed by atoms with Crippen molar-refractivity contribution >= 4 is 5.91 Å². The summed E-state index contributed by atoms with van der Waals surface area (Å²) in [5, 5.41) is 13.1. The van der Waals surface area contributed by atoms with Crippen molar-refractivity contribution in [2.45, 2.75) is 39.3 Å². The number of carbonyl (C=O) groups is 1. The summed E-state index contributed by atoms with van der Waals surface area (Å²) in [6.07, 6.45) is -0.752. The molecule has 118 valence electrons. The van der Waals surface area contributed by atoms with Crippen LogP contribution in [0.5, 0.6) is 0 Å². The van der Waals surface area contributed by atoms with Gasteiger partial charge in [0.25, 0.3) is 0 Å². The fraction of sp³-hybridized carbons (Fsp3) is 0.562. The summed E-state index contributed by atoms with van der Waals surface area (Å²) in [6.45, 7) is 8.03. The van der Waals surface area contributed by atoms with Crippen LogP contribution >= 0.6 is 0 Å². The molecule has 0 saturated carbocycles. The second kappa shape index (κ2) is 7.00. The minimum Gasteiger partial charge on any atom is -0.387 e. The molecule has 0 radical (unpaired) electrons. The van der Waals surface area contributed by atoms with Crippen LogP contribution in [0.3, 0.4) is 0 Å². The van der Waals surface area contributed by atoms with Crippen molar-refractivity contribution in [3.05, 3.63) is 35.1 Å². The third kappa shape index (κ3) is 6.23. The largest absolute Gasteiger partial charge is 0.387 e. The monoisotopic (exact) mass is 296 g/mol. The minimum atomic E-state index is -0.752. The Labute approximate surface area is 126 Å². The van der Waals surface area contributed by atoms with E-state index < -0.39 is 6.10 Å². The smallest absolute Gasteiger partial charge is 0.234 e. The summed E-state index contributed by atoms with van der Waals surface area (Å²) in [4.78, 5) is 13.6. The third-order valence-electron chi connectivity index (χ3n) is 3.00. The number of aryl methyl sites for hydroxylation is 1. The molecule has 0 aromatic heterocycles. The Balaban J connectivity index is 2.58. The van der Waals surface area contributed by atoms with E-state index in [1.807, 2.05) is 20.8 Å². The van der Waals surface area contributed by atoms with E-state index in [-0.39, 0.29) is 23.8 Å². The van der Waals surface area contributed by atoms with Crippen LogP contribution < -0.4 is 5.32 Å². The van der Waals surface area contributed by atoms with Gasteiger partial charge in [0.2, 0.25) is 5.91 Å². The molecule has 2 N–H and O–H groups in total. The molecule has 0 fully saturated rings. The lowest BCUT2D eigenvalue weighted by atomic mass is 10.0. The lowest BCUT2D eigenvalue weighted by Gasteiger charge is -2.25. The van der Waals surface area contributed by atoms with Crippen LogP contribution in [0.15, 0.2) is 18.2 Å². The van der Waals surface area contributed by atoms with Crippen molar-refractivity contribution in [1.82, 2.24) is 10.2 Å². The fourth-order valence-corrected chi connectivity index (χ4v) is 2.17. The molecule has 1 unspecified atom stereocenters. The molecular formula is C16H25FN2O2. The highest BCUT2D eigenvalue weighted by Crippen LogP contribution is 2.19. The molecule has 1 aromatic carbocycles. The Morgan fingerprint density at radius 1 is 1.43 bits per heavy atom. The summed E-state index contributed by atoms with van der Waals surface area (Å²) in [6, 6.07) is 4.31. The van der Waals surface area contributed by atoms with Crippen LogP contribution in [-0.4, -0.2) is 41.6 Å². The topological polar surface area (TPSA) is 52.6 Å². The van der Waals surface area contributed by atoms with E-state index >= 15 is 0 Å². The molecule has 1 amide bonds. The van der Waals surface area contributed by atoms with Gasteiger partial charge >= 0.3 is 0 Å². The van der Waals surface area contributed by atoms with Crippen molar-refractivity contribution in [2.75, 3.05) is 20.1 Å². The molecule has 21 heavy (non-hydrogen) atoms. The standard InChI is InChI=1S/C16H25FN2O2/c1-11-8-12(17)6-7-13(11)14(20)9-19(5)10-15(21)18-16(2,3)4/h6-8,14,20H,9-10H2,1-5H3,(H,18,21). The molecule has 4 nitrogen and oxygen atoms in total. The van der Waals surface area contributed by atoms with Crippen LogP contribution in [0.1, 0.15) is 38.0 Å². The summed E-state index contributed by atoms with van der Waals surface area (Å²) in [5.41, 5.74) is 1.11. The van der Waals surface area contributed by atoms with E-state index in [2.05, 4.69) is 5.32 Å². The number of amides is 1. The van der Waals surface area contributed by atoms with E-state index in [4.69, 9.17) is 0 Å². The van der Waals surface area contributed by atoms with Crippen molar-refractivity contribution in [2.24, 2.45) is 0 Å². The molecule has 0 aliphatic rings. The van der Waals surface area contributed by atoms with Gasteiger partial charge in [-0.2, -0.15) is 0 Å². The maximum Gasteiger partial charge on any atom is 0.234 e. The van der Waals surface area contributed by atoms with E-state index in [0.29, 0.717) is 17.7 Å². The van der Waals surface area contributed by atoms with Gasteiger partial charge in [-0.15, -0.1) is 0 Å². The molecule has 0 aliphatic heterocycles. The molecule has 1 atom stereocenters. The van der Waals surface area contributed by atoms with Gasteiger partial charge in [-0.3, -0.25) is 9.69 Å². The number of hydrogen-bond acceptors (Lipinski definition) is 3. The molecule has 0 saturated heterocycles. The Morgan fingerprint density at radius 2 is 2.05 bits per heavy atom. The first kappa shape index (κ1) is 17.6. The van der Waals surface area contributed by atoms with Gasteiger partial charge in [0.15, 0.2) is 0 Å². The predicted octanol–water partition coefficient (Wildman–Crippen LogP) is 2.01. The first-order valence-electron chi connectivity index (χ1n) is 7.02. The number of rotatable bonds is 5. The number of aliphatic hydroxyl groups excluding tert-OH is 1. The highest BCUT2D eigenvalue weighted by molar-refractivity contribution is 5.78. The Morgan fingerprint density at radius 3 is 2.57 bits per heavy atom. The number of nitrogens with zero attached hydrogens (tertiary/aromatic N) is 1. The molecule has 0 heterocycles. The van der Waals surface area contributed by atoms with Crippen molar-refractivity contribution in [3.63, 3.8) is 0 Å². The average molecular weight is 296 g/mol. The molecule has 1 aromatic rings. The Bertz CT molecular complexity index is 498. The first-order chi connectivity index (χ1) is 9.58. The number of likely N-dealkylation sites (N-methyl/N-ethyl adjacent to an activating group) is 1. The first-order valence-corrected chi connectivity index (χ1v) is 7.02. The lowest BCUT2D eigenvalue weighted by molar-refractivity contribution is -0.123. The van der Waals surface area contributed by atoms with E-state index in [1.165, 1.54) is 12.1 Å². The van der Waals surface area contributed by atoms with Crippen molar-refractivity contribution in [3.8, 4) is 0 Å². The van der Waals surface area contributed by atoms with Gasteiger partial charge in [0, 0.05) is 12.1 Å². The molecule has 5 heteroatoms. The van der Waals surface area contributed by atoms with Gasteiger partial charge in [0.1, 0.15) is 5.82 Å². The van der Waals surface area contributed by atoms with Crippen LogP contribution in [0, 0.1) is 12.7 Å². The SMILES string of the molecule is Cc1cc(F)ccc1C(O)CN(C)CC(=O)NC(C)(C)C. The quantitative estimate of drug-likeness (QED) is 0.874. The number of halogens is 1. The summed E-state index contributed by atoms with van der Waals surface area (Å²) in [5.74, 6) is -0.408. The normalized spacial score (nSPS) is 13.3. The maximum absolute atomic E-state index is 13.1. The van der Waals surface area contributed by atoms with Gasteiger partial charge in [0.05, 0.1) is 12.6 Å². The molecule has 1 rings (SSSR count). The fourth-order valence-electron chi connectivity index (χ4n) is 2.17. The highest BCUT2D eigenvalue weighted by atomic mass is 19.1. The van der Waals surface area contributed by atoms with E-state index in [9.17, 15) is 14.3 Å². The number of carbonyl (C=O) groups excluding carboxylic acids is 1. The van der Waals surface area contributed by atoms with Crippen molar-refractivity contribution in [1.29, 1.82) is 0 Å². The summed E-state index contributed by atoms with van der Waals surface area (Å²) >= 11 is 0. The molecular weight excluding hydrogens is 271 g/mol. The average Bonchev–Trinajstić information content (AvgIpc) is 2.24. The Kier molecular flexibility index (Phi) is 5.87. The van der Waals surface area contributed by atoms with Gasteiger partial charge < -0.3 is 10.4 Å². The summed E-state index contributed by atoms with van der Waals surface area (Å²) < 4.78 is 13.1. The summed E-state index contributed by atoms with van der Waals surface area (Å²) in [7, 11) is 1.77. The maximum atomic E-state index is 13.1. The van der Waals surface area contributed by atoms with Crippen molar-refractivity contribution < 1.29 is 14.3 Å². The van der Waals surface area contributed by atoms with Gasteiger partial charge in [-0.1, -0.05) is 6.07 Å². The number of nitrogens with one attached hydrogen (secondary N) is 1. The zero-order valence-corrected chi connectivity index (χ0v) is 13.4. The number of benzene rings is 1.